The van der Waals surface area contributed by atoms with Crippen LogP contribution in [0.4, 0.5) is 0 Å². The number of hydrogen-bond acceptors (Lipinski definition) is 2. The van der Waals surface area contributed by atoms with Crippen molar-refractivity contribution in [2.24, 2.45) is 5.92 Å². The number of rotatable bonds is 4. The fraction of sp³-hybridized carbons (Fsp3) is 0.929. The van der Waals surface area contributed by atoms with Crippen molar-refractivity contribution in [2.45, 2.75) is 63.8 Å². The van der Waals surface area contributed by atoms with Gasteiger partial charge in [-0.2, -0.15) is 0 Å². The van der Waals surface area contributed by atoms with E-state index in [2.05, 4.69) is 4.90 Å². The van der Waals surface area contributed by atoms with Gasteiger partial charge in [0.25, 0.3) is 0 Å². The Morgan fingerprint density at radius 1 is 1.06 bits per heavy atom. The normalized spacial score (nSPS) is 28.1. The van der Waals surface area contributed by atoms with E-state index >= 15 is 0 Å². The van der Waals surface area contributed by atoms with E-state index in [1.807, 2.05) is 0 Å². The Kier molecular flexibility index (Phi) is 4.84. The summed E-state index contributed by atoms with van der Waals surface area (Å²) in [5, 5.41) is 9.12. The number of hydrogen-bond donors (Lipinski definition) is 1. The van der Waals surface area contributed by atoms with Crippen molar-refractivity contribution in [1.29, 1.82) is 0 Å². The lowest BCUT2D eigenvalue weighted by Gasteiger charge is -2.23. The summed E-state index contributed by atoms with van der Waals surface area (Å²) in [7, 11) is 0. The van der Waals surface area contributed by atoms with Crippen molar-refractivity contribution in [3.63, 3.8) is 0 Å². The van der Waals surface area contributed by atoms with Crippen molar-refractivity contribution >= 4 is 5.97 Å². The Bertz CT molecular complexity index is 247. The summed E-state index contributed by atoms with van der Waals surface area (Å²) >= 11 is 0. The quantitative estimate of drug-likeness (QED) is 0.767. The van der Waals surface area contributed by atoms with Crippen LogP contribution in [-0.4, -0.2) is 35.1 Å². The fourth-order valence-electron chi connectivity index (χ4n) is 3.37. The zero-order valence-electron chi connectivity index (χ0n) is 10.7. The summed E-state index contributed by atoms with van der Waals surface area (Å²) in [5.41, 5.74) is 0. The molecule has 17 heavy (non-hydrogen) atoms. The van der Waals surface area contributed by atoms with Gasteiger partial charge < -0.3 is 5.11 Å². The van der Waals surface area contributed by atoms with Gasteiger partial charge in [-0.05, 0) is 38.3 Å². The third-order valence-corrected chi connectivity index (χ3v) is 4.45. The Morgan fingerprint density at radius 3 is 2.41 bits per heavy atom. The number of carbonyl (C=O) groups is 1. The van der Waals surface area contributed by atoms with Gasteiger partial charge in [0.05, 0.1) is 0 Å². The van der Waals surface area contributed by atoms with Crippen LogP contribution in [0.3, 0.4) is 0 Å². The molecule has 1 atom stereocenters. The first kappa shape index (κ1) is 12.9. The van der Waals surface area contributed by atoms with Crippen LogP contribution in [0.5, 0.6) is 0 Å². The molecule has 0 amide bonds. The Labute approximate surface area is 104 Å². The monoisotopic (exact) mass is 239 g/mol. The number of likely N-dealkylation sites (tertiary alicyclic amines) is 1. The van der Waals surface area contributed by atoms with Crippen molar-refractivity contribution < 1.29 is 9.90 Å². The molecule has 1 unspecified atom stereocenters. The lowest BCUT2D eigenvalue weighted by atomic mass is 9.96. The van der Waals surface area contributed by atoms with Gasteiger partial charge in [-0.25, -0.2) is 0 Å². The van der Waals surface area contributed by atoms with E-state index < -0.39 is 5.97 Å². The average Bonchev–Trinajstić information content (AvgIpc) is 2.63. The van der Waals surface area contributed by atoms with Crippen LogP contribution in [0.15, 0.2) is 0 Å². The smallest absolute Gasteiger partial charge is 0.320 e. The van der Waals surface area contributed by atoms with Gasteiger partial charge in [-0.3, -0.25) is 9.69 Å². The summed E-state index contributed by atoms with van der Waals surface area (Å²) in [6, 6.07) is -0.194. The maximum Gasteiger partial charge on any atom is 0.320 e. The van der Waals surface area contributed by atoms with E-state index in [0.29, 0.717) is 0 Å². The zero-order valence-corrected chi connectivity index (χ0v) is 10.7. The highest BCUT2D eigenvalue weighted by Gasteiger charge is 2.30. The lowest BCUT2D eigenvalue weighted by Crippen LogP contribution is -2.37. The minimum absolute atomic E-state index is 0.194. The molecule has 0 aromatic heterocycles. The van der Waals surface area contributed by atoms with Crippen molar-refractivity contribution in [3.8, 4) is 0 Å². The molecule has 1 heterocycles. The molecule has 0 aromatic carbocycles. The van der Waals surface area contributed by atoms with E-state index in [9.17, 15) is 4.79 Å². The van der Waals surface area contributed by atoms with E-state index in [0.717, 1.165) is 31.8 Å². The molecule has 1 saturated heterocycles. The van der Waals surface area contributed by atoms with Crippen molar-refractivity contribution in [3.05, 3.63) is 0 Å². The maximum atomic E-state index is 11.1. The van der Waals surface area contributed by atoms with Gasteiger partial charge >= 0.3 is 5.97 Å². The number of carboxylic acids is 1. The highest BCUT2D eigenvalue weighted by Crippen LogP contribution is 2.27. The second-order valence-electron chi connectivity index (χ2n) is 5.68. The minimum Gasteiger partial charge on any atom is -0.480 e. The predicted molar refractivity (Wildman–Crippen MR) is 68.0 cm³/mol. The van der Waals surface area contributed by atoms with Gasteiger partial charge in [0, 0.05) is 0 Å². The van der Waals surface area contributed by atoms with Crippen LogP contribution < -0.4 is 0 Å². The van der Waals surface area contributed by atoms with E-state index in [4.69, 9.17) is 5.11 Å². The second-order valence-corrected chi connectivity index (χ2v) is 5.68. The first-order valence-electron chi connectivity index (χ1n) is 7.24. The molecule has 0 bridgehead atoms. The number of aliphatic carboxylic acids is 1. The highest BCUT2D eigenvalue weighted by molar-refractivity contribution is 5.73. The average molecular weight is 239 g/mol. The maximum absolute atomic E-state index is 11.1. The zero-order chi connectivity index (χ0) is 12.1. The van der Waals surface area contributed by atoms with Crippen LogP contribution >= 0.6 is 0 Å². The molecule has 3 nitrogen and oxygen atoms in total. The molecule has 2 aliphatic rings. The van der Waals surface area contributed by atoms with Gasteiger partial charge in [-0.15, -0.1) is 0 Å². The molecule has 2 fully saturated rings. The summed E-state index contributed by atoms with van der Waals surface area (Å²) in [6.45, 7) is 1.99. The third kappa shape index (κ3) is 3.70. The van der Waals surface area contributed by atoms with Crippen LogP contribution in [0.2, 0.25) is 0 Å². The molecular weight excluding hydrogens is 214 g/mol. The largest absolute Gasteiger partial charge is 0.480 e. The van der Waals surface area contributed by atoms with Gasteiger partial charge in [0.1, 0.15) is 6.04 Å². The van der Waals surface area contributed by atoms with E-state index in [-0.39, 0.29) is 6.04 Å². The predicted octanol–water partition coefficient (Wildman–Crippen LogP) is 2.90. The second kappa shape index (κ2) is 6.39. The molecule has 1 saturated carbocycles. The van der Waals surface area contributed by atoms with Crippen molar-refractivity contribution in [2.75, 3.05) is 13.1 Å². The van der Waals surface area contributed by atoms with E-state index in [1.165, 1.54) is 44.9 Å². The Hall–Kier alpha value is -0.570. The number of carboxylic acid groups (broad SMARTS) is 1. The molecular formula is C14H25NO2. The standard InChI is InChI=1S/C14H25NO2/c16-14(17)13-8-5-10-15(13)11-9-12-6-3-1-2-4-7-12/h12-13H,1-11H2,(H,16,17). The lowest BCUT2D eigenvalue weighted by molar-refractivity contribution is -0.142. The Morgan fingerprint density at radius 2 is 1.76 bits per heavy atom. The Balaban J connectivity index is 1.74. The summed E-state index contributed by atoms with van der Waals surface area (Å²) in [5.74, 6) is 0.232. The summed E-state index contributed by atoms with van der Waals surface area (Å²) < 4.78 is 0. The van der Waals surface area contributed by atoms with Gasteiger partial charge in [-0.1, -0.05) is 38.5 Å². The summed E-state index contributed by atoms with van der Waals surface area (Å²) in [4.78, 5) is 13.3. The first-order chi connectivity index (χ1) is 8.27. The van der Waals surface area contributed by atoms with E-state index in [1.54, 1.807) is 0 Å². The highest BCUT2D eigenvalue weighted by atomic mass is 16.4. The molecule has 1 N–H and O–H groups in total. The number of nitrogens with zero attached hydrogens (tertiary/aromatic N) is 1. The summed E-state index contributed by atoms with van der Waals surface area (Å²) in [6.07, 6.45) is 11.4. The minimum atomic E-state index is -0.622. The molecule has 0 aromatic rings. The van der Waals surface area contributed by atoms with Gasteiger partial charge in [0.2, 0.25) is 0 Å². The van der Waals surface area contributed by atoms with Crippen LogP contribution in [0, 0.1) is 5.92 Å². The molecule has 1 aliphatic heterocycles. The third-order valence-electron chi connectivity index (χ3n) is 4.45. The van der Waals surface area contributed by atoms with Gasteiger partial charge in [0.15, 0.2) is 0 Å². The molecule has 0 radical (unpaired) electrons. The van der Waals surface area contributed by atoms with Crippen LogP contribution in [0.1, 0.15) is 57.8 Å². The molecule has 3 heteroatoms. The first-order valence-corrected chi connectivity index (χ1v) is 7.24. The fourth-order valence-corrected chi connectivity index (χ4v) is 3.37. The topological polar surface area (TPSA) is 40.5 Å². The van der Waals surface area contributed by atoms with Crippen LogP contribution in [-0.2, 0) is 4.79 Å². The molecule has 2 rings (SSSR count). The molecule has 1 aliphatic carbocycles. The van der Waals surface area contributed by atoms with Crippen LogP contribution in [0.25, 0.3) is 0 Å². The van der Waals surface area contributed by atoms with Crippen molar-refractivity contribution in [1.82, 2.24) is 4.90 Å². The SMILES string of the molecule is O=C(O)C1CCCN1CCC1CCCCCC1. The molecule has 98 valence electrons. The molecule has 0 spiro atoms.